The highest BCUT2D eigenvalue weighted by Crippen LogP contribution is 2.28. The number of carbonyl (C=O) groups is 1. The topological polar surface area (TPSA) is 51.2 Å². The number of amides is 1. The summed E-state index contributed by atoms with van der Waals surface area (Å²) in [4.78, 5) is 16.5. The third-order valence-electron chi connectivity index (χ3n) is 5.03. The minimum Gasteiger partial charge on any atom is -0.381 e. The normalized spacial score (nSPS) is 11.2. The Hall–Kier alpha value is -1.11. The number of aromatic nitrogens is 1. The third kappa shape index (κ3) is 11.3. The molecule has 1 N–H and O–H groups in total. The van der Waals surface area contributed by atoms with Crippen LogP contribution >= 0.6 is 23.1 Å². The second-order valence-corrected chi connectivity index (χ2v) is 9.99. The molecule has 0 radical (unpaired) electrons. The molecule has 1 heterocycles. The minimum atomic E-state index is 0.0638. The van der Waals surface area contributed by atoms with Gasteiger partial charge in [0.15, 0.2) is 4.34 Å². The Labute approximate surface area is 190 Å². The zero-order valence-electron chi connectivity index (χ0n) is 18.5. The fraction of sp³-hybridized carbons (Fsp3) is 0.667. The van der Waals surface area contributed by atoms with Crippen LogP contribution in [-0.2, 0) is 9.53 Å². The van der Waals surface area contributed by atoms with Crippen LogP contribution in [-0.4, -0.2) is 36.4 Å². The number of para-hydroxylation sites is 1. The van der Waals surface area contributed by atoms with Gasteiger partial charge in [0.25, 0.3) is 0 Å². The maximum atomic E-state index is 12.0. The Morgan fingerprint density at radius 1 is 0.967 bits per heavy atom. The molecule has 30 heavy (non-hydrogen) atoms. The molecule has 6 heteroatoms. The Kier molecular flexibility index (Phi) is 13.9. The summed E-state index contributed by atoms with van der Waals surface area (Å²) in [5.74, 6) is 0.480. The molecule has 0 aliphatic carbocycles. The second kappa shape index (κ2) is 16.6. The summed E-state index contributed by atoms with van der Waals surface area (Å²) in [5, 5.41) is 2.97. The Morgan fingerprint density at radius 3 is 2.37 bits per heavy atom. The number of thioether (sulfide) groups is 1. The maximum absolute atomic E-state index is 12.0. The average molecular weight is 451 g/mol. The van der Waals surface area contributed by atoms with E-state index < -0.39 is 0 Å². The number of rotatable bonds is 18. The summed E-state index contributed by atoms with van der Waals surface area (Å²) in [5.41, 5.74) is 1.00. The molecule has 0 aliphatic rings. The van der Waals surface area contributed by atoms with Gasteiger partial charge in [-0.25, -0.2) is 4.98 Å². The van der Waals surface area contributed by atoms with E-state index in [-0.39, 0.29) is 5.91 Å². The number of thiazole rings is 1. The van der Waals surface area contributed by atoms with Crippen molar-refractivity contribution >= 4 is 39.2 Å². The molecular weight excluding hydrogens is 412 g/mol. The largest absolute Gasteiger partial charge is 0.381 e. The van der Waals surface area contributed by atoms with Crippen LogP contribution in [0.15, 0.2) is 28.6 Å². The monoisotopic (exact) mass is 450 g/mol. The minimum absolute atomic E-state index is 0.0638. The molecule has 0 bridgehead atoms. The summed E-state index contributed by atoms with van der Waals surface area (Å²) in [6.45, 7) is 4.52. The smallest absolute Gasteiger partial charge is 0.230 e. The molecule has 2 aromatic rings. The van der Waals surface area contributed by atoms with Gasteiger partial charge < -0.3 is 10.1 Å². The number of nitrogens with zero attached hydrogens (tertiary/aromatic N) is 1. The molecule has 1 aromatic heterocycles. The Balaban J connectivity index is 1.34. The molecule has 1 aromatic carbocycles. The van der Waals surface area contributed by atoms with Crippen molar-refractivity contribution in [1.29, 1.82) is 0 Å². The number of unbranched alkanes of at least 4 members (excludes halogenated alkanes) is 9. The highest BCUT2D eigenvalue weighted by atomic mass is 32.2. The zero-order chi connectivity index (χ0) is 21.3. The standard InChI is InChI=1S/C24H38N2O2S2/c1-2-3-4-5-6-7-8-9-10-13-18-28-19-14-17-25-23(27)20-29-24-26-21-15-11-12-16-22(21)30-24/h11-12,15-16H,2-10,13-14,17-20H2,1H3,(H,25,27). The van der Waals surface area contributed by atoms with E-state index in [0.717, 1.165) is 35.9 Å². The number of hydrogen-bond donors (Lipinski definition) is 1. The number of nitrogens with one attached hydrogen (secondary N) is 1. The maximum Gasteiger partial charge on any atom is 0.230 e. The quantitative estimate of drug-likeness (QED) is 0.200. The lowest BCUT2D eigenvalue weighted by Gasteiger charge is -2.06. The molecule has 0 saturated heterocycles. The van der Waals surface area contributed by atoms with Crippen LogP contribution in [0, 0.1) is 0 Å². The van der Waals surface area contributed by atoms with Gasteiger partial charge in [-0.1, -0.05) is 88.6 Å². The van der Waals surface area contributed by atoms with Gasteiger partial charge in [0.05, 0.1) is 16.0 Å². The van der Waals surface area contributed by atoms with Crippen LogP contribution in [0.25, 0.3) is 10.2 Å². The van der Waals surface area contributed by atoms with Crippen molar-refractivity contribution in [3.8, 4) is 0 Å². The van der Waals surface area contributed by atoms with E-state index in [1.54, 1.807) is 11.3 Å². The van der Waals surface area contributed by atoms with E-state index in [4.69, 9.17) is 4.74 Å². The van der Waals surface area contributed by atoms with Gasteiger partial charge in [-0.3, -0.25) is 4.79 Å². The molecular formula is C24H38N2O2S2. The van der Waals surface area contributed by atoms with Crippen molar-refractivity contribution in [3.05, 3.63) is 24.3 Å². The van der Waals surface area contributed by atoms with Crippen LogP contribution in [0.3, 0.4) is 0 Å². The highest BCUT2D eigenvalue weighted by molar-refractivity contribution is 8.01. The predicted molar refractivity (Wildman–Crippen MR) is 131 cm³/mol. The number of fused-ring (bicyclic) bond motifs is 1. The van der Waals surface area contributed by atoms with Gasteiger partial charge in [0.2, 0.25) is 5.91 Å². The lowest BCUT2D eigenvalue weighted by Crippen LogP contribution is -2.26. The molecule has 0 aliphatic heterocycles. The number of hydrogen-bond acceptors (Lipinski definition) is 5. The van der Waals surface area contributed by atoms with Crippen LogP contribution in [0.4, 0.5) is 0 Å². The van der Waals surface area contributed by atoms with Gasteiger partial charge in [-0.2, -0.15) is 0 Å². The van der Waals surface area contributed by atoms with Crippen LogP contribution in [0.2, 0.25) is 0 Å². The van der Waals surface area contributed by atoms with Crippen molar-refractivity contribution in [2.75, 3.05) is 25.5 Å². The van der Waals surface area contributed by atoms with Crippen LogP contribution < -0.4 is 5.32 Å². The average Bonchev–Trinajstić information content (AvgIpc) is 3.18. The van der Waals surface area contributed by atoms with Crippen molar-refractivity contribution < 1.29 is 9.53 Å². The molecule has 168 valence electrons. The molecule has 0 atom stereocenters. The van der Waals surface area contributed by atoms with Gasteiger partial charge in [0, 0.05) is 19.8 Å². The number of carbonyl (C=O) groups excluding carboxylic acids is 1. The van der Waals surface area contributed by atoms with Gasteiger partial charge in [0.1, 0.15) is 0 Å². The SMILES string of the molecule is CCCCCCCCCCCCOCCCNC(=O)CSc1nc2ccccc2s1. The molecule has 2 rings (SSSR count). The molecule has 0 saturated carbocycles. The second-order valence-electron chi connectivity index (χ2n) is 7.73. The molecule has 1 amide bonds. The van der Waals surface area contributed by atoms with Gasteiger partial charge in [-0.05, 0) is 25.0 Å². The lowest BCUT2D eigenvalue weighted by atomic mass is 10.1. The van der Waals surface area contributed by atoms with E-state index >= 15 is 0 Å². The van der Waals surface area contributed by atoms with Crippen molar-refractivity contribution in [2.45, 2.75) is 81.9 Å². The predicted octanol–water partition coefficient (Wildman–Crippen LogP) is 6.83. The first-order valence-electron chi connectivity index (χ1n) is 11.6. The molecule has 0 spiro atoms. The summed E-state index contributed by atoms with van der Waals surface area (Å²) in [6.07, 6.45) is 14.3. The van der Waals surface area contributed by atoms with E-state index in [2.05, 4.69) is 23.3 Å². The van der Waals surface area contributed by atoms with Crippen LogP contribution in [0.5, 0.6) is 0 Å². The van der Waals surface area contributed by atoms with E-state index in [1.807, 2.05) is 18.2 Å². The van der Waals surface area contributed by atoms with Crippen molar-refractivity contribution in [1.82, 2.24) is 10.3 Å². The van der Waals surface area contributed by atoms with Gasteiger partial charge in [-0.15, -0.1) is 11.3 Å². The van der Waals surface area contributed by atoms with Crippen molar-refractivity contribution in [2.24, 2.45) is 0 Å². The zero-order valence-corrected chi connectivity index (χ0v) is 20.1. The third-order valence-corrected chi connectivity index (χ3v) is 7.21. The first kappa shape index (κ1) is 25.2. The van der Waals surface area contributed by atoms with Crippen LogP contribution in [0.1, 0.15) is 77.6 Å². The summed E-state index contributed by atoms with van der Waals surface area (Å²) in [7, 11) is 0. The summed E-state index contributed by atoms with van der Waals surface area (Å²) in [6, 6.07) is 8.07. The first-order chi connectivity index (χ1) is 14.8. The van der Waals surface area contributed by atoms with E-state index in [1.165, 1.54) is 74.2 Å². The Bertz CT molecular complexity index is 672. The van der Waals surface area contributed by atoms with E-state index in [9.17, 15) is 4.79 Å². The molecule has 0 unspecified atom stereocenters. The molecule has 4 nitrogen and oxygen atoms in total. The fourth-order valence-corrected chi connectivity index (χ4v) is 5.19. The summed E-state index contributed by atoms with van der Waals surface area (Å²) >= 11 is 3.15. The number of benzene rings is 1. The fourth-order valence-electron chi connectivity index (χ4n) is 3.29. The molecule has 0 fully saturated rings. The van der Waals surface area contributed by atoms with Crippen molar-refractivity contribution in [3.63, 3.8) is 0 Å². The number of ether oxygens (including phenoxy) is 1. The van der Waals surface area contributed by atoms with E-state index in [0.29, 0.717) is 12.3 Å². The highest BCUT2D eigenvalue weighted by Gasteiger charge is 2.07. The first-order valence-corrected chi connectivity index (χ1v) is 13.4. The van der Waals surface area contributed by atoms with Gasteiger partial charge >= 0.3 is 0 Å². The summed E-state index contributed by atoms with van der Waals surface area (Å²) < 4.78 is 7.80. The Morgan fingerprint density at radius 2 is 1.63 bits per heavy atom. The lowest BCUT2D eigenvalue weighted by molar-refractivity contribution is -0.118.